The molecule has 0 aliphatic rings. The lowest BCUT2D eigenvalue weighted by molar-refractivity contribution is -0.142. The summed E-state index contributed by atoms with van der Waals surface area (Å²) < 4.78 is 0. The van der Waals surface area contributed by atoms with Gasteiger partial charge in [-0.15, -0.1) is 0 Å². The minimum atomic E-state index is -0.738. The summed E-state index contributed by atoms with van der Waals surface area (Å²) in [5.74, 6) is -0.956. The molecule has 1 N–H and O–H groups in total. The second-order valence-electron chi connectivity index (χ2n) is 4.32. The standard InChI is InChI=1S/C13H19NO2/c1-4-11-5-6-12(14-8-11)7-9(2)10(3)13(15)16/h5-6,8-10H,4,7H2,1-3H3,(H,15,16). The predicted octanol–water partition coefficient (Wildman–Crippen LogP) is 2.54. The molecule has 0 aromatic carbocycles. The number of aryl methyl sites for hydroxylation is 1. The molecule has 0 aliphatic heterocycles. The smallest absolute Gasteiger partial charge is 0.306 e. The van der Waals surface area contributed by atoms with E-state index < -0.39 is 5.97 Å². The normalized spacial score (nSPS) is 14.4. The molecule has 0 saturated heterocycles. The van der Waals surface area contributed by atoms with Gasteiger partial charge in [0.15, 0.2) is 0 Å². The summed E-state index contributed by atoms with van der Waals surface area (Å²) in [6.45, 7) is 5.79. The number of pyridine rings is 1. The highest BCUT2D eigenvalue weighted by molar-refractivity contribution is 5.69. The molecule has 0 aliphatic carbocycles. The zero-order valence-corrected chi connectivity index (χ0v) is 10.1. The second-order valence-corrected chi connectivity index (χ2v) is 4.32. The number of aliphatic carboxylic acids is 1. The summed E-state index contributed by atoms with van der Waals surface area (Å²) in [5, 5.41) is 8.89. The summed E-state index contributed by atoms with van der Waals surface area (Å²) in [4.78, 5) is 15.1. The van der Waals surface area contributed by atoms with Gasteiger partial charge >= 0.3 is 5.97 Å². The lowest BCUT2D eigenvalue weighted by atomic mass is 9.91. The van der Waals surface area contributed by atoms with Crippen molar-refractivity contribution in [2.24, 2.45) is 11.8 Å². The van der Waals surface area contributed by atoms with E-state index >= 15 is 0 Å². The summed E-state index contributed by atoms with van der Waals surface area (Å²) >= 11 is 0. The number of nitrogens with zero attached hydrogens (tertiary/aromatic N) is 1. The minimum absolute atomic E-state index is 0.109. The average molecular weight is 221 g/mol. The Balaban J connectivity index is 2.62. The van der Waals surface area contributed by atoms with Gasteiger partial charge in [-0.1, -0.05) is 26.8 Å². The predicted molar refractivity (Wildman–Crippen MR) is 63.3 cm³/mol. The summed E-state index contributed by atoms with van der Waals surface area (Å²) in [6.07, 6.45) is 3.57. The second kappa shape index (κ2) is 5.64. The highest BCUT2D eigenvalue weighted by Crippen LogP contribution is 2.16. The van der Waals surface area contributed by atoms with E-state index in [-0.39, 0.29) is 11.8 Å². The molecule has 3 nitrogen and oxygen atoms in total. The third-order valence-electron chi connectivity index (χ3n) is 3.07. The molecule has 16 heavy (non-hydrogen) atoms. The molecule has 1 aromatic rings. The largest absolute Gasteiger partial charge is 0.481 e. The van der Waals surface area contributed by atoms with E-state index in [9.17, 15) is 4.79 Å². The van der Waals surface area contributed by atoms with Crippen LogP contribution >= 0.6 is 0 Å². The maximum absolute atomic E-state index is 10.8. The van der Waals surface area contributed by atoms with Gasteiger partial charge in [-0.25, -0.2) is 0 Å². The molecule has 0 radical (unpaired) electrons. The first-order valence-corrected chi connectivity index (χ1v) is 5.71. The van der Waals surface area contributed by atoms with E-state index in [4.69, 9.17) is 5.11 Å². The lowest BCUT2D eigenvalue weighted by Crippen LogP contribution is -2.20. The highest BCUT2D eigenvalue weighted by atomic mass is 16.4. The number of hydrogen-bond acceptors (Lipinski definition) is 2. The molecule has 0 bridgehead atoms. The van der Waals surface area contributed by atoms with Crippen LogP contribution in [0.25, 0.3) is 0 Å². The van der Waals surface area contributed by atoms with Gasteiger partial charge in [0.2, 0.25) is 0 Å². The maximum Gasteiger partial charge on any atom is 0.306 e. The fraction of sp³-hybridized carbons (Fsp3) is 0.538. The van der Waals surface area contributed by atoms with Crippen LogP contribution in [-0.4, -0.2) is 16.1 Å². The Labute approximate surface area is 96.5 Å². The first-order valence-electron chi connectivity index (χ1n) is 5.71. The van der Waals surface area contributed by atoms with Crippen molar-refractivity contribution < 1.29 is 9.90 Å². The van der Waals surface area contributed by atoms with Gasteiger partial charge in [0.05, 0.1) is 5.92 Å². The van der Waals surface area contributed by atoms with Gasteiger partial charge in [0.25, 0.3) is 0 Å². The van der Waals surface area contributed by atoms with E-state index in [1.165, 1.54) is 5.56 Å². The Morgan fingerprint density at radius 1 is 1.44 bits per heavy atom. The molecule has 0 spiro atoms. The molecule has 2 atom stereocenters. The molecule has 1 heterocycles. The number of carboxylic acids is 1. The van der Waals surface area contributed by atoms with Gasteiger partial charge in [0.1, 0.15) is 0 Å². The van der Waals surface area contributed by atoms with Crippen molar-refractivity contribution in [1.29, 1.82) is 0 Å². The van der Waals surface area contributed by atoms with Gasteiger partial charge in [-0.05, 0) is 30.4 Å². The van der Waals surface area contributed by atoms with Gasteiger partial charge < -0.3 is 5.11 Å². The van der Waals surface area contributed by atoms with E-state index in [1.807, 2.05) is 19.2 Å². The molecule has 3 heteroatoms. The average Bonchev–Trinajstić information content (AvgIpc) is 2.28. The van der Waals surface area contributed by atoms with Crippen LogP contribution in [0.3, 0.4) is 0 Å². The zero-order valence-electron chi connectivity index (χ0n) is 10.1. The van der Waals surface area contributed by atoms with Crippen molar-refractivity contribution in [3.8, 4) is 0 Å². The molecule has 1 aromatic heterocycles. The molecular weight excluding hydrogens is 202 g/mol. The third kappa shape index (κ3) is 3.33. The summed E-state index contributed by atoms with van der Waals surface area (Å²) in [7, 11) is 0. The van der Waals surface area contributed by atoms with E-state index in [1.54, 1.807) is 6.92 Å². The molecule has 0 amide bonds. The number of carboxylic acid groups (broad SMARTS) is 1. The molecular formula is C13H19NO2. The van der Waals surface area contributed by atoms with Crippen LogP contribution in [0.2, 0.25) is 0 Å². The quantitative estimate of drug-likeness (QED) is 0.831. The van der Waals surface area contributed by atoms with Crippen LogP contribution in [0.1, 0.15) is 32.0 Å². The summed E-state index contributed by atoms with van der Waals surface area (Å²) in [5.41, 5.74) is 2.18. The van der Waals surface area contributed by atoms with Crippen molar-refractivity contribution >= 4 is 5.97 Å². The Kier molecular flexibility index (Phi) is 4.47. The first-order chi connectivity index (χ1) is 7.54. The van der Waals surface area contributed by atoms with E-state index in [0.29, 0.717) is 0 Å². The number of rotatable bonds is 5. The number of carbonyl (C=O) groups is 1. The molecule has 1 rings (SSSR count). The minimum Gasteiger partial charge on any atom is -0.481 e. The monoisotopic (exact) mass is 221 g/mol. The number of hydrogen-bond donors (Lipinski definition) is 1. The topological polar surface area (TPSA) is 50.2 Å². The molecule has 2 unspecified atom stereocenters. The summed E-state index contributed by atoms with van der Waals surface area (Å²) in [6, 6.07) is 4.05. The van der Waals surface area contributed by atoms with Crippen molar-refractivity contribution in [2.45, 2.75) is 33.6 Å². The van der Waals surface area contributed by atoms with Crippen LogP contribution in [-0.2, 0) is 17.6 Å². The van der Waals surface area contributed by atoms with Crippen LogP contribution in [0.15, 0.2) is 18.3 Å². The Morgan fingerprint density at radius 2 is 2.12 bits per heavy atom. The van der Waals surface area contributed by atoms with E-state index in [2.05, 4.69) is 18.0 Å². The van der Waals surface area contributed by atoms with Gasteiger partial charge in [-0.3, -0.25) is 9.78 Å². The van der Waals surface area contributed by atoms with Crippen LogP contribution in [0, 0.1) is 11.8 Å². The van der Waals surface area contributed by atoms with Crippen molar-refractivity contribution in [1.82, 2.24) is 4.98 Å². The van der Waals surface area contributed by atoms with Gasteiger partial charge in [-0.2, -0.15) is 0 Å². The first kappa shape index (κ1) is 12.7. The lowest BCUT2D eigenvalue weighted by Gasteiger charge is -2.15. The SMILES string of the molecule is CCc1ccc(CC(C)C(C)C(=O)O)nc1. The Bertz CT molecular complexity index is 345. The molecule has 0 fully saturated rings. The highest BCUT2D eigenvalue weighted by Gasteiger charge is 2.19. The van der Waals surface area contributed by atoms with Crippen LogP contribution in [0.4, 0.5) is 0 Å². The zero-order chi connectivity index (χ0) is 12.1. The fourth-order valence-electron chi connectivity index (χ4n) is 1.54. The van der Waals surface area contributed by atoms with Gasteiger partial charge in [0, 0.05) is 11.9 Å². The third-order valence-corrected chi connectivity index (χ3v) is 3.07. The van der Waals surface area contributed by atoms with E-state index in [0.717, 1.165) is 18.5 Å². The fourth-order valence-corrected chi connectivity index (χ4v) is 1.54. The Morgan fingerprint density at radius 3 is 2.56 bits per heavy atom. The molecule has 0 saturated carbocycles. The van der Waals surface area contributed by atoms with Crippen LogP contribution < -0.4 is 0 Å². The molecule has 88 valence electrons. The van der Waals surface area contributed by atoms with Crippen molar-refractivity contribution in [3.05, 3.63) is 29.6 Å². The maximum atomic E-state index is 10.8. The van der Waals surface area contributed by atoms with Crippen molar-refractivity contribution in [3.63, 3.8) is 0 Å². The van der Waals surface area contributed by atoms with Crippen LogP contribution in [0.5, 0.6) is 0 Å². The Hall–Kier alpha value is -1.38. The number of aromatic nitrogens is 1. The van der Waals surface area contributed by atoms with Crippen molar-refractivity contribution in [2.75, 3.05) is 0 Å².